The quantitative estimate of drug-likeness (QED) is 0.528. The van der Waals surface area contributed by atoms with Gasteiger partial charge in [-0.3, -0.25) is 4.90 Å². The molecule has 5 rings (SSSR count). The molecule has 2 aliphatic heterocycles. The lowest BCUT2D eigenvalue weighted by Gasteiger charge is -2.34. The van der Waals surface area contributed by atoms with E-state index >= 15 is 0 Å². The molecule has 2 atom stereocenters. The summed E-state index contributed by atoms with van der Waals surface area (Å²) in [6, 6.07) is 13.8. The molecule has 2 fully saturated rings. The zero-order chi connectivity index (χ0) is 23.7. The highest BCUT2D eigenvalue weighted by Gasteiger charge is 2.41. The molecule has 0 amide bonds. The number of nitrogens with zero attached hydrogens (tertiary/aromatic N) is 5. The Morgan fingerprint density at radius 1 is 1.09 bits per heavy atom. The van der Waals surface area contributed by atoms with Crippen molar-refractivity contribution in [3.05, 3.63) is 53.9 Å². The number of hydrogen-bond donors (Lipinski definition) is 2. The predicted molar refractivity (Wildman–Crippen MR) is 137 cm³/mol. The molecule has 34 heavy (non-hydrogen) atoms. The number of aromatic nitrogens is 3. The number of likely N-dealkylation sites (N-methyl/N-ethyl adjacent to an activating group) is 1. The van der Waals surface area contributed by atoms with E-state index in [1.54, 1.807) is 13.3 Å². The van der Waals surface area contributed by atoms with Gasteiger partial charge in [0.05, 0.1) is 12.3 Å². The summed E-state index contributed by atoms with van der Waals surface area (Å²) in [4.78, 5) is 19.0. The van der Waals surface area contributed by atoms with Gasteiger partial charge in [0.25, 0.3) is 0 Å². The number of benzene rings is 1. The molecule has 0 radical (unpaired) electrons. The largest absolute Gasteiger partial charge is 0.384 e. The zero-order valence-electron chi connectivity index (χ0n) is 20.4. The van der Waals surface area contributed by atoms with Crippen molar-refractivity contribution in [2.45, 2.75) is 31.8 Å². The second-order valence-electron chi connectivity index (χ2n) is 9.22. The molecule has 8 nitrogen and oxygen atoms in total. The molecule has 2 aromatic heterocycles. The molecular weight excluding hydrogens is 426 g/mol. The van der Waals surface area contributed by atoms with Gasteiger partial charge in [0.1, 0.15) is 5.82 Å². The fourth-order valence-electron chi connectivity index (χ4n) is 5.16. The fourth-order valence-corrected chi connectivity index (χ4v) is 5.16. The number of anilines is 4. The minimum absolute atomic E-state index is 0.567. The monoisotopic (exact) mass is 459 g/mol. The van der Waals surface area contributed by atoms with Crippen LogP contribution in [-0.2, 0) is 11.2 Å². The van der Waals surface area contributed by atoms with Crippen molar-refractivity contribution in [2.75, 3.05) is 56.4 Å². The number of rotatable bonds is 8. The first-order valence-electron chi connectivity index (χ1n) is 11.9. The van der Waals surface area contributed by atoms with Crippen LogP contribution in [0.4, 0.5) is 23.1 Å². The summed E-state index contributed by atoms with van der Waals surface area (Å²) in [5.74, 6) is 1.36. The van der Waals surface area contributed by atoms with Gasteiger partial charge >= 0.3 is 0 Å². The second-order valence-corrected chi connectivity index (χ2v) is 9.22. The summed E-state index contributed by atoms with van der Waals surface area (Å²) < 4.78 is 5.17. The van der Waals surface area contributed by atoms with E-state index in [2.05, 4.69) is 63.7 Å². The number of nitrogens with one attached hydrogen (secondary N) is 2. The van der Waals surface area contributed by atoms with E-state index in [0.29, 0.717) is 24.6 Å². The van der Waals surface area contributed by atoms with E-state index in [9.17, 15) is 0 Å². The summed E-state index contributed by atoms with van der Waals surface area (Å²) in [5.41, 5.74) is 6.33. The van der Waals surface area contributed by atoms with Gasteiger partial charge in [-0.05, 0) is 62.4 Å². The SMILES string of the molecule is CNc1nc(CCOC)ccc1-c1ccnc(Nc2ccc(N3CC4CC3CN4C)c(C)c2)n1. The molecule has 8 heteroatoms. The van der Waals surface area contributed by atoms with Gasteiger partial charge in [0.2, 0.25) is 5.95 Å². The summed E-state index contributed by atoms with van der Waals surface area (Å²) in [7, 11) is 5.81. The van der Waals surface area contributed by atoms with Crippen molar-refractivity contribution in [3.63, 3.8) is 0 Å². The Morgan fingerprint density at radius 2 is 1.97 bits per heavy atom. The minimum atomic E-state index is 0.567. The van der Waals surface area contributed by atoms with Crippen LogP contribution in [-0.4, -0.2) is 72.8 Å². The smallest absolute Gasteiger partial charge is 0.227 e. The Kier molecular flexibility index (Phi) is 6.34. The normalized spacial score (nSPS) is 19.6. The van der Waals surface area contributed by atoms with Gasteiger partial charge in [-0.2, -0.15) is 0 Å². The highest BCUT2D eigenvalue weighted by atomic mass is 16.5. The standard InChI is InChI=1S/C26H33N7O/c1-17-13-19(6-8-24(17)33-16-20-14-21(33)15-32(20)3)30-26-28-11-9-23(31-26)22-7-5-18(10-12-34-4)29-25(22)27-2/h5-9,11,13,20-21H,10,12,14-16H2,1-4H3,(H,27,29)(H,28,30,31). The van der Waals surface area contributed by atoms with Crippen LogP contribution < -0.4 is 15.5 Å². The lowest BCUT2D eigenvalue weighted by atomic mass is 10.1. The number of piperazine rings is 1. The van der Waals surface area contributed by atoms with Gasteiger partial charge < -0.3 is 20.3 Å². The fraction of sp³-hybridized carbons (Fsp3) is 0.423. The van der Waals surface area contributed by atoms with Crippen LogP contribution >= 0.6 is 0 Å². The molecule has 2 bridgehead atoms. The molecule has 2 aliphatic rings. The number of fused-ring (bicyclic) bond motifs is 2. The third-order valence-corrected chi connectivity index (χ3v) is 6.96. The van der Waals surface area contributed by atoms with E-state index in [0.717, 1.165) is 48.0 Å². The van der Waals surface area contributed by atoms with Crippen LogP contribution in [0.25, 0.3) is 11.3 Å². The van der Waals surface area contributed by atoms with E-state index in [1.807, 2.05) is 19.2 Å². The van der Waals surface area contributed by atoms with E-state index in [4.69, 9.17) is 14.7 Å². The maximum absolute atomic E-state index is 5.17. The van der Waals surface area contributed by atoms with Crippen molar-refractivity contribution in [3.8, 4) is 11.3 Å². The van der Waals surface area contributed by atoms with Gasteiger partial charge in [-0.1, -0.05) is 0 Å². The third-order valence-electron chi connectivity index (χ3n) is 6.96. The molecule has 0 saturated carbocycles. The second kappa shape index (κ2) is 9.56. The first-order valence-corrected chi connectivity index (χ1v) is 11.9. The van der Waals surface area contributed by atoms with Crippen LogP contribution in [0, 0.1) is 6.92 Å². The Hall–Kier alpha value is -3.23. The lowest BCUT2D eigenvalue weighted by molar-refractivity contribution is 0.201. The molecule has 2 saturated heterocycles. The molecule has 178 valence electrons. The molecule has 2 N–H and O–H groups in total. The topological polar surface area (TPSA) is 78.4 Å². The molecule has 4 heterocycles. The van der Waals surface area contributed by atoms with E-state index in [1.165, 1.54) is 17.7 Å². The third kappa shape index (κ3) is 4.43. The molecular formula is C26H33N7O. The number of hydrogen-bond acceptors (Lipinski definition) is 8. The predicted octanol–water partition coefficient (Wildman–Crippen LogP) is 3.71. The van der Waals surface area contributed by atoms with Gasteiger partial charge in [0.15, 0.2) is 0 Å². The Bertz CT molecular complexity index is 1170. The number of ether oxygens (including phenoxy) is 1. The molecule has 1 aromatic carbocycles. The van der Waals surface area contributed by atoms with E-state index in [-0.39, 0.29) is 0 Å². The van der Waals surface area contributed by atoms with Crippen LogP contribution in [0.2, 0.25) is 0 Å². The maximum Gasteiger partial charge on any atom is 0.227 e. The van der Waals surface area contributed by atoms with Crippen molar-refractivity contribution in [1.29, 1.82) is 0 Å². The summed E-state index contributed by atoms with van der Waals surface area (Å²) >= 11 is 0. The first kappa shape index (κ1) is 22.6. The van der Waals surface area contributed by atoms with Gasteiger partial charge in [-0.25, -0.2) is 15.0 Å². The zero-order valence-corrected chi connectivity index (χ0v) is 20.4. The van der Waals surface area contributed by atoms with Crippen LogP contribution in [0.15, 0.2) is 42.6 Å². The van der Waals surface area contributed by atoms with Crippen molar-refractivity contribution < 1.29 is 4.74 Å². The highest BCUT2D eigenvalue weighted by molar-refractivity contribution is 5.73. The Morgan fingerprint density at radius 3 is 2.68 bits per heavy atom. The lowest BCUT2D eigenvalue weighted by Crippen LogP contribution is -2.44. The van der Waals surface area contributed by atoms with Crippen molar-refractivity contribution in [2.24, 2.45) is 0 Å². The van der Waals surface area contributed by atoms with Gasteiger partial charge in [0, 0.05) is 74.6 Å². The van der Waals surface area contributed by atoms with Crippen molar-refractivity contribution in [1.82, 2.24) is 19.9 Å². The Balaban J connectivity index is 1.33. The van der Waals surface area contributed by atoms with Crippen LogP contribution in [0.5, 0.6) is 0 Å². The van der Waals surface area contributed by atoms with Crippen LogP contribution in [0.1, 0.15) is 17.7 Å². The summed E-state index contributed by atoms with van der Waals surface area (Å²) in [6.45, 7) is 5.10. The van der Waals surface area contributed by atoms with Crippen LogP contribution in [0.3, 0.4) is 0 Å². The molecule has 3 aromatic rings. The average molecular weight is 460 g/mol. The molecule has 0 aliphatic carbocycles. The minimum Gasteiger partial charge on any atom is -0.384 e. The van der Waals surface area contributed by atoms with E-state index < -0.39 is 0 Å². The number of likely N-dealkylation sites (tertiary alicyclic amines) is 1. The number of pyridine rings is 1. The Labute approximate surface area is 201 Å². The molecule has 2 unspecified atom stereocenters. The summed E-state index contributed by atoms with van der Waals surface area (Å²) in [6.07, 6.45) is 3.82. The molecule has 0 spiro atoms. The van der Waals surface area contributed by atoms with Gasteiger partial charge in [-0.15, -0.1) is 0 Å². The number of aryl methyl sites for hydroxylation is 1. The maximum atomic E-state index is 5.17. The summed E-state index contributed by atoms with van der Waals surface area (Å²) in [5, 5.41) is 6.58. The average Bonchev–Trinajstić information content (AvgIpc) is 3.42. The van der Waals surface area contributed by atoms with Crippen molar-refractivity contribution >= 4 is 23.1 Å². The number of methoxy groups -OCH3 is 1. The highest BCUT2D eigenvalue weighted by Crippen LogP contribution is 2.36. The first-order chi connectivity index (χ1) is 16.6.